The van der Waals surface area contributed by atoms with Crippen LogP contribution in [0.25, 0.3) is 0 Å². The van der Waals surface area contributed by atoms with Gasteiger partial charge in [-0.25, -0.2) is 0 Å². The van der Waals surface area contributed by atoms with Crippen LogP contribution in [0.15, 0.2) is 53.4 Å². The van der Waals surface area contributed by atoms with Crippen molar-refractivity contribution >= 4 is 34.4 Å². The van der Waals surface area contributed by atoms with Crippen LogP contribution in [0.1, 0.15) is 0 Å². The molecule has 0 aromatic heterocycles. The fraction of sp³-hybridized carbons (Fsp3) is 0.0769. The summed E-state index contributed by atoms with van der Waals surface area (Å²) >= 11 is 10.3. The quantitative estimate of drug-likeness (QED) is 0.795. The summed E-state index contributed by atoms with van der Waals surface area (Å²) in [6.07, 6.45) is 0. The van der Waals surface area contributed by atoms with Crippen LogP contribution in [0.4, 0.5) is 0 Å². The summed E-state index contributed by atoms with van der Waals surface area (Å²) in [5, 5.41) is 1.26. The van der Waals surface area contributed by atoms with Crippen molar-refractivity contribution in [1.29, 1.82) is 0 Å². The van der Waals surface area contributed by atoms with Crippen LogP contribution in [-0.4, -0.2) is 10.5 Å². The van der Waals surface area contributed by atoms with Gasteiger partial charge < -0.3 is 9.29 Å². The fourth-order valence-corrected chi connectivity index (χ4v) is 2.38. The molecule has 0 spiro atoms. The number of hydrogen-bond donors (Lipinski definition) is 0. The van der Waals surface area contributed by atoms with E-state index in [0.717, 1.165) is 0 Å². The number of hydrogen-bond acceptors (Lipinski definition) is 2. The van der Waals surface area contributed by atoms with Gasteiger partial charge >= 0.3 is 0 Å². The molecule has 0 saturated carbocycles. The van der Waals surface area contributed by atoms with Crippen LogP contribution in [0.5, 0.6) is 5.75 Å². The van der Waals surface area contributed by atoms with E-state index in [2.05, 4.69) is 0 Å². The van der Waals surface area contributed by atoms with Crippen molar-refractivity contribution in [3.63, 3.8) is 0 Å². The molecule has 2 rings (SSSR count). The maximum absolute atomic E-state index is 11.9. The van der Waals surface area contributed by atoms with Crippen molar-refractivity contribution in [2.45, 2.75) is 4.90 Å². The van der Waals surface area contributed by atoms with Gasteiger partial charge in [-0.2, -0.15) is 0 Å². The normalized spacial score (nSPS) is 12.2. The third-order valence-corrected chi connectivity index (χ3v) is 3.86. The second-order valence-corrected chi connectivity index (χ2v) is 5.79. The second-order valence-electron chi connectivity index (χ2n) is 3.52. The summed E-state index contributed by atoms with van der Waals surface area (Å²) < 4.78 is 17.3. The molecule has 18 heavy (non-hydrogen) atoms. The molecule has 0 aliphatic carbocycles. The molecule has 0 saturated heterocycles. The minimum Gasteiger partial charge on any atom is -0.609 e. The molecule has 94 valence electrons. The van der Waals surface area contributed by atoms with E-state index in [1.807, 2.05) is 0 Å². The first-order valence-corrected chi connectivity index (χ1v) is 7.25. The average Bonchev–Trinajstić information content (AvgIpc) is 2.38. The van der Waals surface area contributed by atoms with Gasteiger partial charge in [0.2, 0.25) is 5.94 Å². The second kappa shape index (κ2) is 6.34. The predicted octanol–water partition coefficient (Wildman–Crippen LogP) is 4.14. The molecule has 1 unspecified atom stereocenters. The zero-order valence-corrected chi connectivity index (χ0v) is 11.6. The Morgan fingerprint density at radius 1 is 0.889 bits per heavy atom. The maximum Gasteiger partial charge on any atom is 0.250 e. The largest absolute Gasteiger partial charge is 0.609 e. The van der Waals surface area contributed by atoms with Gasteiger partial charge in [0.1, 0.15) is 5.75 Å². The summed E-state index contributed by atoms with van der Waals surface area (Å²) in [4.78, 5) is 0.688. The highest BCUT2D eigenvalue weighted by Crippen LogP contribution is 2.19. The lowest BCUT2D eigenvalue weighted by Crippen LogP contribution is -2.12. The lowest BCUT2D eigenvalue weighted by atomic mass is 10.3. The van der Waals surface area contributed by atoms with Gasteiger partial charge in [-0.3, -0.25) is 0 Å². The Morgan fingerprint density at radius 2 is 1.39 bits per heavy atom. The first-order chi connectivity index (χ1) is 8.65. The van der Waals surface area contributed by atoms with Crippen molar-refractivity contribution in [3.05, 3.63) is 58.6 Å². The first kappa shape index (κ1) is 13.6. The lowest BCUT2D eigenvalue weighted by molar-refractivity contribution is 0.376. The van der Waals surface area contributed by atoms with Gasteiger partial charge in [-0.15, -0.1) is 0 Å². The molecule has 0 aliphatic rings. The van der Waals surface area contributed by atoms with E-state index in [1.165, 1.54) is 0 Å². The van der Waals surface area contributed by atoms with Crippen molar-refractivity contribution in [3.8, 4) is 5.75 Å². The highest BCUT2D eigenvalue weighted by Gasteiger charge is 2.11. The van der Waals surface area contributed by atoms with Crippen LogP contribution in [0.3, 0.4) is 0 Å². The first-order valence-electron chi connectivity index (χ1n) is 5.17. The van der Waals surface area contributed by atoms with Crippen LogP contribution in [0.2, 0.25) is 10.0 Å². The number of benzene rings is 2. The average molecular weight is 301 g/mol. The van der Waals surface area contributed by atoms with Crippen LogP contribution >= 0.6 is 23.2 Å². The molecule has 2 nitrogen and oxygen atoms in total. The summed E-state index contributed by atoms with van der Waals surface area (Å²) in [5.74, 6) is 0.741. The molecule has 2 aromatic carbocycles. The monoisotopic (exact) mass is 300 g/mol. The van der Waals surface area contributed by atoms with E-state index in [9.17, 15) is 4.55 Å². The predicted molar refractivity (Wildman–Crippen MR) is 74.8 cm³/mol. The molecule has 0 amide bonds. The summed E-state index contributed by atoms with van der Waals surface area (Å²) in [6, 6.07) is 13.8. The topological polar surface area (TPSA) is 32.3 Å². The highest BCUT2D eigenvalue weighted by molar-refractivity contribution is 7.91. The third-order valence-electron chi connectivity index (χ3n) is 2.22. The summed E-state index contributed by atoms with van der Waals surface area (Å²) in [7, 11) is 0. The van der Waals surface area contributed by atoms with Crippen molar-refractivity contribution in [1.82, 2.24) is 0 Å². The van der Waals surface area contributed by atoms with E-state index in [1.54, 1.807) is 48.5 Å². The molecule has 2 aromatic rings. The van der Waals surface area contributed by atoms with Crippen LogP contribution in [0, 0.1) is 0 Å². The molecule has 0 N–H and O–H groups in total. The zero-order chi connectivity index (χ0) is 13.0. The standard InChI is InChI=1S/C13H10Cl2O2S/c14-10-1-5-12(6-2-10)17-9-18(16)13-7-3-11(15)4-8-13/h1-8H,9H2. The van der Waals surface area contributed by atoms with E-state index in [0.29, 0.717) is 20.7 Å². The van der Waals surface area contributed by atoms with Crippen molar-refractivity contribution < 1.29 is 9.29 Å². The molecule has 0 radical (unpaired) electrons. The molecular weight excluding hydrogens is 291 g/mol. The number of halogens is 2. The van der Waals surface area contributed by atoms with Gasteiger partial charge in [0, 0.05) is 21.2 Å². The number of rotatable bonds is 4. The van der Waals surface area contributed by atoms with Gasteiger partial charge in [-0.05, 0) is 48.5 Å². The molecule has 0 bridgehead atoms. The molecule has 1 atom stereocenters. The Bertz CT molecular complexity index is 499. The SMILES string of the molecule is [O-][S+](COc1ccc(Cl)cc1)c1ccc(Cl)cc1. The van der Waals surface area contributed by atoms with Gasteiger partial charge in [-0.1, -0.05) is 23.2 Å². The smallest absolute Gasteiger partial charge is 0.250 e. The molecular formula is C13H10Cl2O2S. The Kier molecular flexibility index (Phi) is 4.78. The Morgan fingerprint density at radius 3 is 1.94 bits per heavy atom. The van der Waals surface area contributed by atoms with E-state index in [-0.39, 0.29) is 5.94 Å². The summed E-state index contributed by atoms with van der Waals surface area (Å²) in [6.45, 7) is 0. The Labute approximate surface area is 119 Å². The molecule has 5 heteroatoms. The summed E-state index contributed by atoms with van der Waals surface area (Å²) in [5.41, 5.74) is 0. The van der Waals surface area contributed by atoms with Crippen molar-refractivity contribution in [2.75, 3.05) is 5.94 Å². The fourth-order valence-electron chi connectivity index (χ4n) is 1.31. The van der Waals surface area contributed by atoms with Gasteiger partial charge in [0.15, 0.2) is 4.90 Å². The Hall–Kier alpha value is -0.870. The lowest BCUT2D eigenvalue weighted by Gasteiger charge is -2.11. The highest BCUT2D eigenvalue weighted by atomic mass is 35.5. The van der Waals surface area contributed by atoms with Gasteiger partial charge in [0.25, 0.3) is 0 Å². The van der Waals surface area contributed by atoms with Gasteiger partial charge in [0.05, 0.1) is 0 Å². The molecule has 0 heterocycles. The minimum atomic E-state index is -1.21. The Balaban J connectivity index is 1.93. The van der Waals surface area contributed by atoms with E-state index < -0.39 is 11.2 Å². The maximum atomic E-state index is 11.9. The number of ether oxygens (including phenoxy) is 1. The van der Waals surface area contributed by atoms with Crippen LogP contribution in [-0.2, 0) is 11.2 Å². The van der Waals surface area contributed by atoms with Crippen LogP contribution < -0.4 is 4.74 Å². The zero-order valence-electron chi connectivity index (χ0n) is 9.31. The van der Waals surface area contributed by atoms with E-state index in [4.69, 9.17) is 27.9 Å². The molecule has 0 fully saturated rings. The van der Waals surface area contributed by atoms with Crippen molar-refractivity contribution in [2.24, 2.45) is 0 Å². The minimum absolute atomic E-state index is 0.100. The van der Waals surface area contributed by atoms with E-state index >= 15 is 0 Å². The third kappa shape index (κ3) is 3.82. The molecule has 0 aliphatic heterocycles.